The summed E-state index contributed by atoms with van der Waals surface area (Å²) >= 11 is 5.64. The molecule has 1 aromatic carbocycles. The molecule has 0 spiro atoms. The molecule has 0 aromatic heterocycles. The fraction of sp³-hybridized carbons (Fsp3) is 0.222. The molecule has 0 amide bonds. The second kappa shape index (κ2) is 5.18. The fourth-order valence-electron chi connectivity index (χ4n) is 0.948. The van der Waals surface area contributed by atoms with E-state index in [1.54, 1.807) is 0 Å². The van der Waals surface area contributed by atoms with Crippen LogP contribution in [-0.2, 0) is 19.6 Å². The lowest BCUT2D eigenvalue weighted by molar-refractivity contribution is -0.137. The van der Waals surface area contributed by atoms with E-state index in [4.69, 9.17) is 11.6 Å². The van der Waals surface area contributed by atoms with E-state index in [0.717, 1.165) is 7.11 Å². The molecule has 88 valence electrons. The molecule has 0 fully saturated rings. The zero-order chi connectivity index (χ0) is 12.2. The van der Waals surface area contributed by atoms with E-state index < -0.39 is 21.7 Å². The molecule has 0 saturated carbocycles. The summed E-state index contributed by atoms with van der Waals surface area (Å²) < 4.78 is 29.3. The summed E-state index contributed by atoms with van der Waals surface area (Å²) in [4.78, 5) is 10.8. The van der Waals surface area contributed by atoms with Crippen molar-refractivity contribution in [1.29, 1.82) is 0 Å². The first kappa shape index (κ1) is 12.8. The number of nitrogens with one attached hydrogen (secondary N) is 1. The van der Waals surface area contributed by atoms with Gasteiger partial charge in [-0.15, -0.1) is 0 Å². The van der Waals surface area contributed by atoms with Crippen molar-refractivity contribution in [2.75, 3.05) is 17.6 Å². The van der Waals surface area contributed by atoms with Crippen molar-refractivity contribution in [2.45, 2.75) is 0 Å². The van der Waals surface area contributed by atoms with E-state index in [-0.39, 0.29) is 0 Å². The summed E-state index contributed by atoms with van der Waals surface area (Å²) in [6.45, 7) is 0. The SMILES string of the molecule is COC(=O)CS(=O)(=O)Nc1ccc(Cl)cc1. The predicted molar refractivity (Wildman–Crippen MR) is 60.9 cm³/mol. The maximum Gasteiger partial charge on any atom is 0.322 e. The van der Waals surface area contributed by atoms with Crippen molar-refractivity contribution in [3.8, 4) is 0 Å². The van der Waals surface area contributed by atoms with Gasteiger partial charge in [0.2, 0.25) is 10.0 Å². The number of halogens is 1. The van der Waals surface area contributed by atoms with E-state index in [0.29, 0.717) is 10.7 Å². The molecule has 0 radical (unpaired) electrons. The number of carbonyl (C=O) groups excluding carboxylic acids is 1. The maximum atomic E-state index is 11.4. The molecule has 5 nitrogen and oxygen atoms in total. The summed E-state index contributed by atoms with van der Waals surface area (Å²) in [7, 11) is -2.60. The molecular formula is C9H10ClNO4S. The molecule has 1 rings (SSSR count). The van der Waals surface area contributed by atoms with Gasteiger partial charge in [0.15, 0.2) is 5.75 Å². The van der Waals surface area contributed by atoms with E-state index in [1.807, 2.05) is 0 Å². The molecular weight excluding hydrogens is 254 g/mol. The average molecular weight is 264 g/mol. The summed E-state index contributed by atoms with van der Waals surface area (Å²) in [6, 6.07) is 6.07. The Morgan fingerprint density at radius 2 is 1.94 bits per heavy atom. The van der Waals surface area contributed by atoms with Crippen LogP contribution in [0.25, 0.3) is 0 Å². The van der Waals surface area contributed by atoms with Gasteiger partial charge in [-0.25, -0.2) is 8.42 Å². The van der Waals surface area contributed by atoms with Gasteiger partial charge < -0.3 is 4.74 Å². The Balaban J connectivity index is 2.73. The van der Waals surface area contributed by atoms with Gasteiger partial charge in [-0.1, -0.05) is 11.6 Å². The lowest BCUT2D eigenvalue weighted by Gasteiger charge is -2.06. The predicted octanol–water partition coefficient (Wildman–Crippen LogP) is 1.25. The van der Waals surface area contributed by atoms with Gasteiger partial charge in [0, 0.05) is 10.7 Å². The standard InChI is InChI=1S/C9H10ClNO4S/c1-15-9(12)6-16(13,14)11-8-4-2-7(10)3-5-8/h2-5,11H,6H2,1H3. The second-order valence-corrected chi connectivity index (χ2v) is 5.10. The number of benzene rings is 1. The minimum Gasteiger partial charge on any atom is -0.468 e. The Hall–Kier alpha value is -1.27. The Kier molecular flexibility index (Phi) is 4.14. The van der Waals surface area contributed by atoms with Gasteiger partial charge in [0.05, 0.1) is 7.11 Å². The molecule has 7 heteroatoms. The molecule has 1 N–H and O–H groups in total. The number of anilines is 1. The molecule has 0 unspecified atom stereocenters. The van der Waals surface area contributed by atoms with Crippen LogP contribution in [0.4, 0.5) is 5.69 Å². The molecule has 16 heavy (non-hydrogen) atoms. The number of hydrogen-bond acceptors (Lipinski definition) is 4. The van der Waals surface area contributed by atoms with Crippen LogP contribution in [0, 0.1) is 0 Å². The number of carbonyl (C=O) groups is 1. The van der Waals surface area contributed by atoms with Crippen molar-refractivity contribution in [3.05, 3.63) is 29.3 Å². The zero-order valence-electron chi connectivity index (χ0n) is 8.44. The highest BCUT2D eigenvalue weighted by molar-refractivity contribution is 7.93. The van der Waals surface area contributed by atoms with Crippen molar-refractivity contribution in [1.82, 2.24) is 0 Å². The van der Waals surface area contributed by atoms with Crippen LogP contribution in [0.5, 0.6) is 0 Å². The van der Waals surface area contributed by atoms with Crippen LogP contribution in [0.2, 0.25) is 5.02 Å². The summed E-state index contributed by atoms with van der Waals surface area (Å²) in [5.74, 6) is -1.53. The fourth-order valence-corrected chi connectivity index (χ4v) is 2.07. The quantitative estimate of drug-likeness (QED) is 0.830. The molecule has 0 saturated heterocycles. The van der Waals surface area contributed by atoms with Crippen molar-refractivity contribution >= 4 is 33.3 Å². The van der Waals surface area contributed by atoms with Crippen LogP contribution in [0.1, 0.15) is 0 Å². The van der Waals surface area contributed by atoms with Gasteiger partial charge in [-0.05, 0) is 24.3 Å². The number of ether oxygens (including phenoxy) is 1. The monoisotopic (exact) mass is 263 g/mol. The van der Waals surface area contributed by atoms with Crippen LogP contribution < -0.4 is 4.72 Å². The second-order valence-electron chi connectivity index (χ2n) is 2.94. The number of hydrogen-bond donors (Lipinski definition) is 1. The minimum atomic E-state index is -3.73. The normalized spacial score (nSPS) is 10.9. The van der Waals surface area contributed by atoms with Gasteiger partial charge in [-0.3, -0.25) is 9.52 Å². The van der Waals surface area contributed by atoms with Crippen molar-refractivity contribution < 1.29 is 17.9 Å². The van der Waals surface area contributed by atoms with Gasteiger partial charge >= 0.3 is 5.97 Å². The van der Waals surface area contributed by atoms with E-state index in [1.165, 1.54) is 24.3 Å². The van der Waals surface area contributed by atoms with Gasteiger partial charge in [0.25, 0.3) is 0 Å². The summed E-state index contributed by atoms with van der Waals surface area (Å²) in [6.07, 6.45) is 0. The third kappa shape index (κ3) is 4.08. The molecule has 0 atom stereocenters. The third-order valence-corrected chi connectivity index (χ3v) is 3.07. The Bertz CT molecular complexity index is 469. The lowest BCUT2D eigenvalue weighted by Crippen LogP contribution is -2.23. The molecule has 0 aliphatic carbocycles. The van der Waals surface area contributed by atoms with Crippen LogP contribution in [0.3, 0.4) is 0 Å². The van der Waals surface area contributed by atoms with Crippen molar-refractivity contribution in [2.24, 2.45) is 0 Å². The zero-order valence-corrected chi connectivity index (χ0v) is 10.0. The van der Waals surface area contributed by atoms with E-state index in [9.17, 15) is 13.2 Å². The number of sulfonamides is 1. The Labute approximate surface area is 98.4 Å². The number of esters is 1. The van der Waals surface area contributed by atoms with E-state index in [2.05, 4.69) is 9.46 Å². The summed E-state index contributed by atoms with van der Waals surface area (Å²) in [5.41, 5.74) is 0.341. The molecule has 0 aliphatic heterocycles. The highest BCUT2D eigenvalue weighted by atomic mass is 35.5. The molecule has 0 heterocycles. The first-order valence-corrected chi connectivity index (χ1v) is 6.29. The Morgan fingerprint density at radius 1 is 1.38 bits per heavy atom. The van der Waals surface area contributed by atoms with Gasteiger partial charge in [0.1, 0.15) is 0 Å². The smallest absolute Gasteiger partial charge is 0.322 e. The molecule has 0 aliphatic rings. The topological polar surface area (TPSA) is 72.5 Å². The van der Waals surface area contributed by atoms with Crippen molar-refractivity contribution in [3.63, 3.8) is 0 Å². The van der Waals surface area contributed by atoms with Crippen LogP contribution in [0.15, 0.2) is 24.3 Å². The largest absolute Gasteiger partial charge is 0.468 e. The molecule has 1 aromatic rings. The maximum absolute atomic E-state index is 11.4. The highest BCUT2D eigenvalue weighted by Crippen LogP contribution is 2.14. The first-order valence-electron chi connectivity index (χ1n) is 4.26. The van der Waals surface area contributed by atoms with Gasteiger partial charge in [-0.2, -0.15) is 0 Å². The third-order valence-electron chi connectivity index (χ3n) is 1.65. The minimum absolute atomic E-state index is 0.341. The average Bonchev–Trinajstić information content (AvgIpc) is 2.20. The highest BCUT2D eigenvalue weighted by Gasteiger charge is 2.16. The number of rotatable bonds is 4. The van der Waals surface area contributed by atoms with E-state index >= 15 is 0 Å². The Morgan fingerprint density at radius 3 is 2.44 bits per heavy atom. The lowest BCUT2D eigenvalue weighted by atomic mass is 10.3. The first-order chi connectivity index (χ1) is 7.43. The summed E-state index contributed by atoms with van der Waals surface area (Å²) in [5, 5.41) is 0.496. The van der Waals surface area contributed by atoms with Crippen LogP contribution >= 0.6 is 11.6 Å². The molecule has 0 bridgehead atoms. The number of methoxy groups -OCH3 is 1. The van der Waals surface area contributed by atoms with Crippen LogP contribution in [-0.4, -0.2) is 27.2 Å².